The summed E-state index contributed by atoms with van der Waals surface area (Å²) in [7, 11) is 0. The predicted octanol–water partition coefficient (Wildman–Crippen LogP) is 2.73. The van der Waals surface area contributed by atoms with E-state index in [1.54, 1.807) is 12.1 Å². The summed E-state index contributed by atoms with van der Waals surface area (Å²) in [5, 5.41) is 2.66. The van der Waals surface area contributed by atoms with Gasteiger partial charge in [-0.3, -0.25) is 14.5 Å². The molecule has 8 nitrogen and oxygen atoms in total. The van der Waals surface area contributed by atoms with Crippen LogP contribution < -0.4 is 15.8 Å². The van der Waals surface area contributed by atoms with E-state index >= 15 is 0 Å². The Hall–Kier alpha value is -2.67. The van der Waals surface area contributed by atoms with Gasteiger partial charge in [0, 0.05) is 62.9 Å². The first-order valence-corrected chi connectivity index (χ1v) is 12.5. The molecule has 0 saturated carbocycles. The Morgan fingerprint density at radius 1 is 1.08 bits per heavy atom. The largest absolute Gasteiger partial charge is 0.573 e. The third-order valence-corrected chi connectivity index (χ3v) is 7.44. The Morgan fingerprint density at radius 3 is 2.47 bits per heavy atom. The molecule has 2 amide bonds. The summed E-state index contributed by atoms with van der Waals surface area (Å²) in [4.78, 5) is 31.0. The number of hydrogen-bond acceptors (Lipinski definition) is 7. The number of benzene rings is 1. The standard InChI is InChI=1S/C24H29F3N4O4S/c25-24(26,27)35-19-4-2-1-3-17(19)15-29-21(32)20-6-5-18(36-20)16-30-9-11-31(12-10-30)22(33)23(28)7-13-34-14-8-23/h1-6H,7-16,28H2,(H,29,32). The normalized spacial score (nSPS) is 18.6. The summed E-state index contributed by atoms with van der Waals surface area (Å²) >= 11 is 1.33. The number of piperazine rings is 1. The molecule has 0 unspecified atom stereocenters. The first kappa shape index (κ1) is 26.4. The molecular weight excluding hydrogens is 497 g/mol. The van der Waals surface area contributed by atoms with E-state index in [9.17, 15) is 22.8 Å². The fourth-order valence-electron chi connectivity index (χ4n) is 4.32. The van der Waals surface area contributed by atoms with Crippen LogP contribution in [0.15, 0.2) is 36.4 Å². The molecule has 0 atom stereocenters. The molecule has 2 aliphatic heterocycles. The van der Waals surface area contributed by atoms with Crippen molar-refractivity contribution in [1.29, 1.82) is 0 Å². The molecule has 3 N–H and O–H groups in total. The number of carbonyl (C=O) groups excluding carboxylic acids is 2. The summed E-state index contributed by atoms with van der Waals surface area (Å²) < 4.78 is 47.2. The Balaban J connectivity index is 1.26. The van der Waals surface area contributed by atoms with Gasteiger partial charge in [-0.15, -0.1) is 24.5 Å². The Kier molecular flexibility index (Phi) is 8.18. The number of amides is 2. The van der Waals surface area contributed by atoms with Crippen molar-refractivity contribution < 1.29 is 32.2 Å². The fourth-order valence-corrected chi connectivity index (χ4v) is 5.28. The van der Waals surface area contributed by atoms with Gasteiger partial charge >= 0.3 is 6.36 Å². The molecule has 1 aromatic heterocycles. The van der Waals surface area contributed by atoms with Crippen molar-refractivity contribution in [3.05, 3.63) is 51.7 Å². The second kappa shape index (κ2) is 11.2. The van der Waals surface area contributed by atoms with Gasteiger partial charge in [0.1, 0.15) is 5.75 Å². The van der Waals surface area contributed by atoms with Gasteiger partial charge in [0.25, 0.3) is 5.91 Å². The van der Waals surface area contributed by atoms with Crippen molar-refractivity contribution in [3.8, 4) is 5.75 Å². The maximum Gasteiger partial charge on any atom is 0.573 e. The zero-order valence-corrected chi connectivity index (χ0v) is 20.5. The number of halogens is 3. The molecule has 2 aliphatic rings. The van der Waals surface area contributed by atoms with Gasteiger partial charge in [-0.05, 0) is 31.0 Å². The van der Waals surface area contributed by atoms with Crippen LogP contribution in [-0.2, 0) is 22.6 Å². The molecule has 0 radical (unpaired) electrons. The van der Waals surface area contributed by atoms with Gasteiger partial charge in [-0.1, -0.05) is 18.2 Å². The van der Waals surface area contributed by atoms with Crippen LogP contribution in [0.25, 0.3) is 0 Å². The minimum absolute atomic E-state index is 0.0114. The number of alkyl halides is 3. The molecule has 2 saturated heterocycles. The monoisotopic (exact) mass is 526 g/mol. The van der Waals surface area contributed by atoms with Crippen molar-refractivity contribution in [3.63, 3.8) is 0 Å². The maximum atomic E-state index is 12.9. The minimum atomic E-state index is -4.81. The first-order valence-electron chi connectivity index (χ1n) is 11.7. The Morgan fingerprint density at radius 2 is 1.78 bits per heavy atom. The molecule has 4 rings (SSSR count). The maximum absolute atomic E-state index is 12.9. The van der Waals surface area contributed by atoms with Gasteiger partial charge in [0.2, 0.25) is 5.91 Å². The number of ether oxygens (including phenoxy) is 2. The predicted molar refractivity (Wildman–Crippen MR) is 127 cm³/mol. The van der Waals surface area contributed by atoms with Crippen LogP contribution in [0.1, 0.15) is 33.0 Å². The topological polar surface area (TPSA) is 97.1 Å². The lowest BCUT2D eigenvalue weighted by Crippen LogP contribution is -2.61. The van der Waals surface area contributed by atoms with Gasteiger partial charge in [0.15, 0.2) is 0 Å². The number of nitrogens with one attached hydrogen (secondary N) is 1. The summed E-state index contributed by atoms with van der Waals surface area (Å²) in [6.45, 7) is 4.15. The lowest BCUT2D eigenvalue weighted by atomic mass is 9.89. The van der Waals surface area contributed by atoms with E-state index in [0.717, 1.165) is 4.88 Å². The molecular formula is C24H29F3N4O4S. The molecule has 0 bridgehead atoms. The summed E-state index contributed by atoms with van der Waals surface area (Å²) in [6, 6.07) is 9.28. The number of para-hydroxylation sites is 1. The van der Waals surface area contributed by atoms with E-state index in [4.69, 9.17) is 10.5 Å². The van der Waals surface area contributed by atoms with E-state index in [1.165, 1.54) is 29.5 Å². The number of nitrogens with two attached hydrogens (primary N) is 1. The molecule has 12 heteroatoms. The summed E-state index contributed by atoms with van der Waals surface area (Å²) in [5.74, 6) is -0.719. The van der Waals surface area contributed by atoms with Crippen LogP contribution in [0, 0.1) is 0 Å². The summed E-state index contributed by atoms with van der Waals surface area (Å²) in [6.07, 6.45) is -3.74. The van der Waals surface area contributed by atoms with Gasteiger partial charge in [-0.2, -0.15) is 0 Å². The van der Waals surface area contributed by atoms with Gasteiger partial charge < -0.3 is 25.4 Å². The van der Waals surface area contributed by atoms with E-state index in [0.29, 0.717) is 63.7 Å². The lowest BCUT2D eigenvalue weighted by Gasteiger charge is -2.40. The number of carbonyl (C=O) groups is 2. The van der Waals surface area contributed by atoms with Gasteiger partial charge in [-0.25, -0.2) is 0 Å². The Bertz CT molecular complexity index is 1060. The first-order chi connectivity index (χ1) is 17.1. The molecule has 2 aromatic rings. The average molecular weight is 527 g/mol. The van der Waals surface area contributed by atoms with Gasteiger partial charge in [0.05, 0.1) is 10.4 Å². The van der Waals surface area contributed by atoms with Crippen molar-refractivity contribution in [1.82, 2.24) is 15.1 Å². The minimum Gasteiger partial charge on any atom is -0.405 e. The van der Waals surface area contributed by atoms with E-state index in [2.05, 4.69) is 15.0 Å². The van der Waals surface area contributed by atoms with E-state index < -0.39 is 11.9 Å². The van der Waals surface area contributed by atoms with Crippen LogP contribution >= 0.6 is 11.3 Å². The van der Waals surface area contributed by atoms with Crippen molar-refractivity contribution in [2.24, 2.45) is 5.73 Å². The summed E-state index contributed by atoms with van der Waals surface area (Å²) in [5.41, 5.74) is 5.73. The van der Waals surface area contributed by atoms with E-state index in [1.807, 2.05) is 11.0 Å². The molecule has 2 fully saturated rings. The van der Waals surface area contributed by atoms with Crippen molar-refractivity contribution in [2.45, 2.75) is 37.8 Å². The molecule has 3 heterocycles. The third-order valence-electron chi connectivity index (χ3n) is 6.37. The number of hydrogen-bond donors (Lipinski definition) is 2. The zero-order chi connectivity index (χ0) is 25.8. The highest BCUT2D eigenvalue weighted by atomic mass is 32.1. The number of rotatable bonds is 7. The van der Waals surface area contributed by atoms with Crippen LogP contribution in [0.3, 0.4) is 0 Å². The highest BCUT2D eigenvalue weighted by molar-refractivity contribution is 7.14. The number of thiophene rings is 1. The molecule has 36 heavy (non-hydrogen) atoms. The lowest BCUT2D eigenvalue weighted by molar-refractivity contribution is -0.274. The van der Waals surface area contributed by atoms with Crippen LogP contribution in [0.4, 0.5) is 13.2 Å². The quantitative estimate of drug-likeness (QED) is 0.576. The Labute approximate surface area is 211 Å². The SMILES string of the molecule is NC1(C(=O)N2CCN(Cc3ccc(C(=O)NCc4ccccc4OC(F)(F)F)s3)CC2)CCOCC1. The van der Waals surface area contributed by atoms with Crippen LogP contribution in [0.5, 0.6) is 5.75 Å². The molecule has 0 spiro atoms. The van der Waals surface area contributed by atoms with E-state index in [-0.39, 0.29) is 29.7 Å². The van der Waals surface area contributed by atoms with Crippen LogP contribution in [0.2, 0.25) is 0 Å². The molecule has 196 valence electrons. The van der Waals surface area contributed by atoms with Crippen molar-refractivity contribution in [2.75, 3.05) is 39.4 Å². The third kappa shape index (κ3) is 6.75. The zero-order valence-electron chi connectivity index (χ0n) is 19.7. The average Bonchev–Trinajstić information content (AvgIpc) is 3.31. The second-order valence-corrected chi connectivity index (χ2v) is 10.1. The molecule has 1 aromatic carbocycles. The van der Waals surface area contributed by atoms with Crippen molar-refractivity contribution >= 4 is 23.2 Å². The fraction of sp³-hybridized carbons (Fsp3) is 0.500. The highest BCUT2D eigenvalue weighted by Crippen LogP contribution is 2.27. The number of nitrogens with zero attached hydrogens (tertiary/aromatic N) is 2. The second-order valence-electron chi connectivity index (χ2n) is 8.94. The molecule has 0 aliphatic carbocycles. The highest BCUT2D eigenvalue weighted by Gasteiger charge is 2.39. The van der Waals surface area contributed by atoms with Crippen LogP contribution in [-0.4, -0.2) is 72.9 Å². The smallest absolute Gasteiger partial charge is 0.405 e.